The maximum atomic E-state index is 14.6. The number of nitrogens with zero attached hydrogens (tertiary/aromatic N) is 2. The second kappa shape index (κ2) is 14.5. The summed E-state index contributed by atoms with van der Waals surface area (Å²) in [6, 6.07) is 7.49. The molecule has 10 heteroatoms. The van der Waals surface area contributed by atoms with E-state index < -0.39 is 53.2 Å². The van der Waals surface area contributed by atoms with Crippen LogP contribution in [0, 0.1) is 17.8 Å². The van der Waals surface area contributed by atoms with E-state index in [1.54, 1.807) is 17.1 Å². The summed E-state index contributed by atoms with van der Waals surface area (Å²) in [7, 11) is 0. The molecule has 3 aliphatic rings. The van der Waals surface area contributed by atoms with Crippen molar-refractivity contribution < 1.29 is 33.8 Å². The molecule has 1 aromatic rings. The zero-order valence-electron chi connectivity index (χ0n) is 27.9. The van der Waals surface area contributed by atoms with E-state index in [1.807, 2.05) is 65.0 Å². The molecule has 10 nitrogen and oxygen atoms in total. The molecule has 1 spiro atoms. The van der Waals surface area contributed by atoms with Crippen molar-refractivity contribution in [1.29, 1.82) is 0 Å². The van der Waals surface area contributed by atoms with Crippen molar-refractivity contribution in [2.75, 3.05) is 19.7 Å². The molecule has 0 aromatic heterocycles. The van der Waals surface area contributed by atoms with E-state index in [0.717, 1.165) is 0 Å². The Morgan fingerprint density at radius 3 is 2.50 bits per heavy atom. The van der Waals surface area contributed by atoms with Gasteiger partial charge in [0.25, 0.3) is 0 Å². The Kier molecular flexibility index (Phi) is 11.2. The largest absolute Gasteiger partial charge is 0.455 e. The Bertz CT molecular complexity index is 1290. The molecule has 1 aromatic carbocycles. The van der Waals surface area contributed by atoms with E-state index >= 15 is 0 Å². The van der Waals surface area contributed by atoms with Crippen LogP contribution < -0.4 is 5.32 Å². The predicted molar refractivity (Wildman–Crippen MR) is 174 cm³/mol. The smallest absolute Gasteiger partial charge is 0.313 e. The van der Waals surface area contributed by atoms with Crippen molar-refractivity contribution in [3.8, 4) is 0 Å². The van der Waals surface area contributed by atoms with Crippen LogP contribution in [0.4, 0.5) is 0 Å². The van der Waals surface area contributed by atoms with Gasteiger partial charge >= 0.3 is 5.97 Å². The first kappa shape index (κ1) is 35.4. The minimum atomic E-state index is -1.24. The summed E-state index contributed by atoms with van der Waals surface area (Å²) in [5, 5.41) is 13.5. The normalized spacial score (nSPS) is 27.0. The summed E-state index contributed by atoms with van der Waals surface area (Å²) < 4.78 is 12.8. The van der Waals surface area contributed by atoms with Crippen LogP contribution in [0.1, 0.15) is 78.4 Å². The summed E-state index contributed by atoms with van der Waals surface area (Å²) >= 11 is 0. The third-order valence-electron chi connectivity index (χ3n) is 9.97. The summed E-state index contributed by atoms with van der Waals surface area (Å²) in [6.45, 7) is 17.2. The fourth-order valence-electron chi connectivity index (χ4n) is 7.42. The quantitative estimate of drug-likeness (QED) is 0.220. The summed E-state index contributed by atoms with van der Waals surface area (Å²) in [4.78, 5) is 59.0. The van der Waals surface area contributed by atoms with Crippen LogP contribution in [0.5, 0.6) is 0 Å². The molecule has 252 valence electrons. The number of fused-ring (bicyclic) bond motifs is 1. The fourth-order valence-corrected chi connectivity index (χ4v) is 7.42. The fraction of sp³-hybridized carbons (Fsp3) is 0.611. The second-order valence-corrected chi connectivity index (χ2v) is 13.8. The Morgan fingerprint density at radius 1 is 1.22 bits per heavy atom. The number of allylic oxidation sites excluding steroid dienone is 1. The number of likely N-dealkylation sites (tertiary alicyclic amines) is 1. The zero-order valence-corrected chi connectivity index (χ0v) is 27.9. The van der Waals surface area contributed by atoms with Gasteiger partial charge in [-0.25, -0.2) is 0 Å². The molecule has 4 rings (SSSR count). The number of hydrogen-bond acceptors (Lipinski definition) is 7. The first-order chi connectivity index (χ1) is 21.9. The number of esters is 1. The van der Waals surface area contributed by atoms with Gasteiger partial charge in [-0.2, -0.15) is 0 Å². The van der Waals surface area contributed by atoms with E-state index in [4.69, 9.17) is 9.47 Å². The molecule has 0 unspecified atom stereocenters. The van der Waals surface area contributed by atoms with Gasteiger partial charge in [0.2, 0.25) is 17.7 Å². The van der Waals surface area contributed by atoms with E-state index in [1.165, 1.54) is 4.90 Å². The molecule has 2 bridgehead atoms. The topological polar surface area (TPSA) is 125 Å². The average Bonchev–Trinajstić information content (AvgIpc) is 3.68. The lowest BCUT2D eigenvalue weighted by Crippen LogP contribution is -2.62. The maximum Gasteiger partial charge on any atom is 0.313 e. The Labute approximate surface area is 273 Å². The molecule has 0 saturated carbocycles. The Balaban J connectivity index is 1.71. The number of rotatable bonds is 15. The minimum absolute atomic E-state index is 0.0592. The highest BCUT2D eigenvalue weighted by Gasteiger charge is 2.76. The van der Waals surface area contributed by atoms with Crippen LogP contribution in [0.3, 0.4) is 0 Å². The highest BCUT2D eigenvalue weighted by Crippen LogP contribution is 2.59. The Hall–Kier alpha value is -3.50. The van der Waals surface area contributed by atoms with Crippen molar-refractivity contribution in [1.82, 2.24) is 15.1 Å². The van der Waals surface area contributed by atoms with Gasteiger partial charge in [0, 0.05) is 18.5 Å². The van der Waals surface area contributed by atoms with E-state index in [2.05, 4.69) is 18.5 Å². The van der Waals surface area contributed by atoms with Gasteiger partial charge in [-0.1, -0.05) is 62.8 Å². The molecule has 3 heterocycles. The van der Waals surface area contributed by atoms with Gasteiger partial charge < -0.3 is 29.7 Å². The number of aliphatic hydroxyl groups excluding tert-OH is 1. The maximum absolute atomic E-state index is 14.6. The first-order valence-electron chi connectivity index (χ1n) is 16.5. The lowest BCUT2D eigenvalue weighted by atomic mass is 9.70. The van der Waals surface area contributed by atoms with Crippen LogP contribution in [0.2, 0.25) is 0 Å². The standard InChI is InChI=1S/C36H51N3O7/c1-8-11-17-28(41)37-21-27(24-15-13-12-14-16-24)45-34(44)29-26-18-19-36(46-26)30(29)32(42)39(25(22-40)23(4)10-3)31(36)33(43)38(20-9-2)35(5,6)7/h8-9,12-16,23,25-27,29-31,40H,1-2,10-11,17-22H2,3-7H3,(H,37,41)/t23-,25-,26-,27-,29+,30+,31-,36+/m0/s1. The highest BCUT2D eigenvalue weighted by atomic mass is 16.6. The number of nitrogens with one attached hydrogen (secondary N) is 1. The van der Waals surface area contributed by atoms with E-state index in [-0.39, 0.29) is 49.8 Å². The molecule has 8 atom stereocenters. The van der Waals surface area contributed by atoms with Crippen molar-refractivity contribution in [2.45, 2.75) is 102 Å². The number of benzene rings is 1. The molecule has 0 aliphatic carbocycles. The average molecular weight is 638 g/mol. The molecule has 3 amide bonds. The van der Waals surface area contributed by atoms with Gasteiger partial charge in [-0.05, 0) is 51.5 Å². The van der Waals surface area contributed by atoms with Gasteiger partial charge in [0.05, 0.1) is 37.1 Å². The number of aliphatic hydroxyl groups is 1. The summed E-state index contributed by atoms with van der Waals surface area (Å²) in [6.07, 6.45) is 4.31. The monoisotopic (exact) mass is 637 g/mol. The second-order valence-electron chi connectivity index (χ2n) is 13.8. The van der Waals surface area contributed by atoms with Gasteiger partial charge in [0.15, 0.2) is 0 Å². The van der Waals surface area contributed by atoms with Crippen molar-refractivity contribution in [2.24, 2.45) is 17.8 Å². The molecular weight excluding hydrogens is 586 g/mol. The lowest BCUT2D eigenvalue weighted by molar-refractivity contribution is -0.162. The van der Waals surface area contributed by atoms with Gasteiger partial charge in [-0.3, -0.25) is 19.2 Å². The molecule has 2 N–H and O–H groups in total. The molecular formula is C36H51N3O7. The van der Waals surface area contributed by atoms with Crippen molar-refractivity contribution in [3.05, 3.63) is 61.2 Å². The van der Waals surface area contributed by atoms with Crippen LogP contribution in [-0.4, -0.2) is 87.6 Å². The van der Waals surface area contributed by atoms with Crippen molar-refractivity contribution in [3.63, 3.8) is 0 Å². The third-order valence-corrected chi connectivity index (χ3v) is 9.97. The summed E-state index contributed by atoms with van der Waals surface area (Å²) in [5.41, 5.74) is -1.13. The molecule has 3 saturated heterocycles. The van der Waals surface area contributed by atoms with Gasteiger partial charge in [-0.15, -0.1) is 13.2 Å². The number of carbonyl (C=O) groups is 4. The van der Waals surface area contributed by atoms with E-state index in [0.29, 0.717) is 31.2 Å². The zero-order chi connectivity index (χ0) is 33.8. The van der Waals surface area contributed by atoms with E-state index in [9.17, 15) is 24.3 Å². The molecule has 3 fully saturated rings. The number of hydrogen-bond donors (Lipinski definition) is 2. The van der Waals surface area contributed by atoms with Crippen LogP contribution in [0.25, 0.3) is 0 Å². The van der Waals surface area contributed by atoms with Crippen molar-refractivity contribution >= 4 is 23.7 Å². The molecule has 46 heavy (non-hydrogen) atoms. The SMILES string of the molecule is C=CCCC(=O)NC[C@H](OC(=O)[C@@H]1[C@@H]2CC[C@]3(O2)[C@H](C(=O)N(CC=C)C(C)(C)C)N([C@@H](CO)[C@@H](C)CC)C(=O)[C@@H]13)c1ccccc1. The predicted octanol–water partition coefficient (Wildman–Crippen LogP) is 3.95. The Morgan fingerprint density at radius 2 is 1.91 bits per heavy atom. The number of carbonyl (C=O) groups excluding carboxylic acids is 4. The van der Waals surface area contributed by atoms with Crippen LogP contribution in [0.15, 0.2) is 55.6 Å². The summed E-state index contributed by atoms with van der Waals surface area (Å²) in [5.74, 6) is -3.46. The van der Waals surface area contributed by atoms with Crippen LogP contribution >= 0.6 is 0 Å². The van der Waals surface area contributed by atoms with Crippen LogP contribution in [-0.2, 0) is 28.7 Å². The molecule has 0 radical (unpaired) electrons. The van der Waals surface area contributed by atoms with Gasteiger partial charge in [0.1, 0.15) is 17.7 Å². The number of amides is 3. The number of ether oxygens (including phenoxy) is 2. The first-order valence-corrected chi connectivity index (χ1v) is 16.5. The third kappa shape index (κ3) is 6.65. The lowest BCUT2D eigenvalue weighted by Gasteiger charge is -2.44. The highest BCUT2D eigenvalue weighted by molar-refractivity contribution is 5.98. The molecule has 3 aliphatic heterocycles. The minimum Gasteiger partial charge on any atom is -0.455 e.